The molecule has 8 nitrogen and oxygen atoms in total. The number of carbonyl (C=O) groups excluding carboxylic acids is 1. The summed E-state index contributed by atoms with van der Waals surface area (Å²) in [5.74, 6) is 0.335. The minimum absolute atomic E-state index is 0. The third-order valence-corrected chi connectivity index (χ3v) is 3.78. The maximum Gasteiger partial charge on any atom is 0.286 e. The molecule has 1 amide bonds. The van der Waals surface area contributed by atoms with E-state index in [0.717, 1.165) is 12.8 Å². The molecule has 1 fully saturated rings. The summed E-state index contributed by atoms with van der Waals surface area (Å²) in [7, 11) is 1.41. The van der Waals surface area contributed by atoms with E-state index in [2.05, 4.69) is 5.32 Å². The molecule has 0 saturated heterocycles. The van der Waals surface area contributed by atoms with Crippen LogP contribution in [0.4, 0.5) is 5.69 Å². The van der Waals surface area contributed by atoms with E-state index in [4.69, 9.17) is 15.2 Å². The van der Waals surface area contributed by atoms with Gasteiger partial charge in [0.15, 0.2) is 11.5 Å². The maximum atomic E-state index is 12.4. The molecular weight excluding hydrogens is 338 g/mol. The van der Waals surface area contributed by atoms with Crippen LogP contribution < -0.4 is 20.5 Å². The molecule has 0 spiro atoms. The number of nitro benzene ring substituents is 1. The van der Waals surface area contributed by atoms with Crippen molar-refractivity contribution in [1.29, 1.82) is 0 Å². The van der Waals surface area contributed by atoms with Gasteiger partial charge in [0.05, 0.1) is 24.7 Å². The minimum atomic E-state index is -0.606. The van der Waals surface area contributed by atoms with Crippen molar-refractivity contribution in [2.45, 2.75) is 25.8 Å². The molecule has 9 heteroatoms. The Balaban J connectivity index is 0.00000288. The van der Waals surface area contributed by atoms with Gasteiger partial charge in [-0.1, -0.05) is 0 Å². The van der Waals surface area contributed by atoms with Crippen LogP contribution in [0.25, 0.3) is 0 Å². The van der Waals surface area contributed by atoms with Gasteiger partial charge in [-0.2, -0.15) is 0 Å². The highest BCUT2D eigenvalue weighted by atomic mass is 35.5. The summed E-state index contributed by atoms with van der Waals surface area (Å²) in [5, 5.41) is 14.1. The third-order valence-electron chi connectivity index (χ3n) is 3.78. The second-order valence-corrected chi connectivity index (χ2v) is 5.36. The van der Waals surface area contributed by atoms with Crippen molar-refractivity contribution >= 4 is 24.0 Å². The number of hydrogen-bond donors (Lipinski definition) is 2. The summed E-state index contributed by atoms with van der Waals surface area (Å²) in [4.78, 5) is 23.1. The number of amides is 1. The van der Waals surface area contributed by atoms with E-state index in [-0.39, 0.29) is 41.2 Å². The minimum Gasteiger partial charge on any atom is -0.493 e. The van der Waals surface area contributed by atoms with Crippen LogP contribution in [0.15, 0.2) is 12.1 Å². The number of halogens is 1. The first-order valence-corrected chi connectivity index (χ1v) is 7.51. The van der Waals surface area contributed by atoms with Crippen molar-refractivity contribution in [3.05, 3.63) is 27.8 Å². The second-order valence-electron chi connectivity index (χ2n) is 5.36. The van der Waals surface area contributed by atoms with Crippen LogP contribution in [-0.2, 0) is 0 Å². The molecule has 0 radical (unpaired) electrons. The fourth-order valence-electron chi connectivity index (χ4n) is 2.42. The summed E-state index contributed by atoms with van der Waals surface area (Å²) in [5.41, 5.74) is 5.28. The summed E-state index contributed by atoms with van der Waals surface area (Å²) >= 11 is 0. The quantitative estimate of drug-likeness (QED) is 0.540. The normalized spacial score (nSPS) is 14.3. The van der Waals surface area contributed by atoms with E-state index in [0.29, 0.717) is 19.1 Å². The summed E-state index contributed by atoms with van der Waals surface area (Å²) < 4.78 is 10.5. The molecule has 1 unspecified atom stereocenters. The Morgan fingerprint density at radius 1 is 1.46 bits per heavy atom. The van der Waals surface area contributed by atoms with Crippen LogP contribution in [-0.4, -0.2) is 37.1 Å². The Kier molecular flexibility index (Phi) is 7.24. The van der Waals surface area contributed by atoms with E-state index in [9.17, 15) is 14.9 Å². The molecule has 2 rings (SSSR count). The third kappa shape index (κ3) is 4.48. The van der Waals surface area contributed by atoms with E-state index >= 15 is 0 Å². The monoisotopic (exact) mass is 359 g/mol. The molecule has 0 aliphatic heterocycles. The number of nitro groups is 1. The average molecular weight is 360 g/mol. The molecule has 24 heavy (non-hydrogen) atoms. The standard InChI is InChI=1S/C15H21N3O5.ClH/c1-3-23-14-7-12(18(20)21)10(6-13(14)22-2)15(19)17-11(8-16)9-4-5-9;/h6-7,9,11H,3-5,8,16H2,1-2H3,(H,17,19);1H. The Morgan fingerprint density at radius 2 is 2.12 bits per heavy atom. The fraction of sp³-hybridized carbons (Fsp3) is 0.533. The van der Waals surface area contributed by atoms with E-state index in [1.807, 2.05) is 0 Å². The summed E-state index contributed by atoms with van der Waals surface area (Å²) in [6.07, 6.45) is 2.02. The van der Waals surface area contributed by atoms with Gasteiger partial charge in [0.1, 0.15) is 5.56 Å². The van der Waals surface area contributed by atoms with Crippen molar-refractivity contribution in [2.75, 3.05) is 20.3 Å². The lowest BCUT2D eigenvalue weighted by Crippen LogP contribution is -2.41. The molecule has 1 saturated carbocycles. The first-order chi connectivity index (χ1) is 11.0. The lowest BCUT2D eigenvalue weighted by molar-refractivity contribution is -0.385. The summed E-state index contributed by atoms with van der Waals surface area (Å²) in [6, 6.07) is 2.38. The van der Waals surface area contributed by atoms with Gasteiger partial charge < -0.3 is 20.5 Å². The lowest BCUT2D eigenvalue weighted by Gasteiger charge is -2.17. The van der Waals surface area contributed by atoms with Crippen molar-refractivity contribution < 1.29 is 19.2 Å². The fourth-order valence-corrected chi connectivity index (χ4v) is 2.42. The number of nitrogens with two attached hydrogens (primary N) is 1. The molecule has 0 aromatic heterocycles. The zero-order chi connectivity index (χ0) is 17.0. The number of methoxy groups -OCH3 is 1. The molecule has 134 valence electrons. The molecule has 1 aromatic carbocycles. The van der Waals surface area contributed by atoms with Crippen molar-refractivity contribution in [3.63, 3.8) is 0 Å². The van der Waals surface area contributed by atoms with Gasteiger partial charge in [0.2, 0.25) is 0 Å². The van der Waals surface area contributed by atoms with E-state index < -0.39 is 10.8 Å². The molecule has 1 aliphatic carbocycles. The van der Waals surface area contributed by atoms with Crippen LogP contribution in [0.3, 0.4) is 0 Å². The number of nitrogens with one attached hydrogen (secondary N) is 1. The molecule has 0 bridgehead atoms. The molecule has 1 aromatic rings. The predicted octanol–water partition coefficient (Wildman–Crippen LogP) is 1.89. The smallest absolute Gasteiger partial charge is 0.286 e. The molecule has 0 heterocycles. The number of carbonyl (C=O) groups is 1. The topological polar surface area (TPSA) is 117 Å². The van der Waals surface area contributed by atoms with Gasteiger partial charge in [0, 0.05) is 18.7 Å². The van der Waals surface area contributed by atoms with Crippen LogP contribution in [0.2, 0.25) is 0 Å². The maximum absolute atomic E-state index is 12.4. The Hall–Kier alpha value is -2.06. The van der Waals surface area contributed by atoms with E-state index in [1.54, 1.807) is 6.92 Å². The molecule has 3 N–H and O–H groups in total. The molecule has 1 aliphatic rings. The highest BCUT2D eigenvalue weighted by molar-refractivity contribution is 5.99. The summed E-state index contributed by atoms with van der Waals surface area (Å²) in [6.45, 7) is 2.39. The number of benzene rings is 1. The molecular formula is C15H22ClN3O5. The Labute approximate surface area is 146 Å². The average Bonchev–Trinajstić information content (AvgIpc) is 3.36. The second kappa shape index (κ2) is 8.70. The molecule has 1 atom stereocenters. The highest BCUT2D eigenvalue weighted by Crippen LogP contribution is 2.36. The lowest BCUT2D eigenvalue weighted by atomic mass is 10.1. The Morgan fingerprint density at radius 3 is 2.58 bits per heavy atom. The van der Waals surface area contributed by atoms with Gasteiger partial charge >= 0.3 is 0 Å². The first kappa shape index (κ1) is 20.0. The number of rotatable bonds is 8. The first-order valence-electron chi connectivity index (χ1n) is 7.51. The zero-order valence-electron chi connectivity index (χ0n) is 13.6. The Bertz CT molecular complexity index is 607. The van der Waals surface area contributed by atoms with Crippen LogP contribution in [0.5, 0.6) is 11.5 Å². The van der Waals surface area contributed by atoms with Crippen LogP contribution in [0.1, 0.15) is 30.1 Å². The highest BCUT2D eigenvalue weighted by Gasteiger charge is 2.33. The van der Waals surface area contributed by atoms with Gasteiger partial charge in [0.25, 0.3) is 11.6 Å². The van der Waals surface area contributed by atoms with Crippen molar-refractivity contribution in [2.24, 2.45) is 11.7 Å². The predicted molar refractivity (Wildman–Crippen MR) is 91.1 cm³/mol. The van der Waals surface area contributed by atoms with Gasteiger partial charge in [-0.25, -0.2) is 0 Å². The van der Waals surface area contributed by atoms with Gasteiger partial charge in [-0.3, -0.25) is 14.9 Å². The SMILES string of the molecule is CCOc1cc([N+](=O)[O-])c(C(=O)NC(CN)C2CC2)cc1OC.Cl. The number of hydrogen-bond acceptors (Lipinski definition) is 6. The van der Waals surface area contributed by atoms with Crippen LogP contribution >= 0.6 is 12.4 Å². The van der Waals surface area contributed by atoms with Crippen molar-refractivity contribution in [1.82, 2.24) is 5.32 Å². The number of ether oxygens (including phenoxy) is 2. The van der Waals surface area contributed by atoms with Gasteiger partial charge in [-0.05, 0) is 25.7 Å². The number of nitrogens with zero attached hydrogens (tertiary/aromatic N) is 1. The zero-order valence-corrected chi connectivity index (χ0v) is 14.4. The largest absolute Gasteiger partial charge is 0.493 e. The van der Waals surface area contributed by atoms with E-state index in [1.165, 1.54) is 19.2 Å². The van der Waals surface area contributed by atoms with Crippen molar-refractivity contribution in [3.8, 4) is 11.5 Å². The van der Waals surface area contributed by atoms with Gasteiger partial charge in [-0.15, -0.1) is 12.4 Å². The van der Waals surface area contributed by atoms with Crippen LogP contribution in [0, 0.1) is 16.0 Å².